The van der Waals surface area contributed by atoms with Crippen molar-refractivity contribution in [3.05, 3.63) is 72.8 Å². The summed E-state index contributed by atoms with van der Waals surface area (Å²) in [5.74, 6) is -1.99. The molecule has 2 fully saturated rings. The zero-order chi connectivity index (χ0) is 36.0. The van der Waals surface area contributed by atoms with Gasteiger partial charge in [-0.1, -0.05) is 81.5 Å². The third kappa shape index (κ3) is 8.18. The summed E-state index contributed by atoms with van der Waals surface area (Å²) >= 11 is 0. The van der Waals surface area contributed by atoms with E-state index in [-0.39, 0.29) is 26.0 Å². The molecular weight excluding hydrogens is 648 g/mol. The number of carboxylic acid groups (broad SMARTS) is 1. The molecule has 1 saturated heterocycles. The Balaban J connectivity index is 1.37. The first-order chi connectivity index (χ1) is 24.7. The van der Waals surface area contributed by atoms with E-state index in [1.54, 1.807) is 0 Å². The topological polar surface area (TPSA) is 147 Å². The molecule has 270 valence electrons. The van der Waals surface area contributed by atoms with Crippen molar-refractivity contribution in [1.82, 2.24) is 20.5 Å². The predicted molar refractivity (Wildman–Crippen MR) is 193 cm³/mol. The minimum absolute atomic E-state index is 0.0609. The number of cyclic esters (lactones) is 1. The standard InChI is InChI=1S/C40H48N4O7/c1-3-5-17-32-37(46)44-25-29(22-34(44)36(45)43-40(38(47)48)24-28(40)4-2)51-35-23-33(27-15-11-9-12-16-27)41-31-19-18-26(21-30(31)35)14-10-7-6-8-13-20-50-39(49)42-32/h4,9,11-12,15-16,18-19,21,23,28-29,32,34H,2-3,5-8,10,13-14,17,20,22,24-25H2,1H3,(H,42,49)(H,43,45)(H,47,48)/t28?,29-,32+,34+,40-/m1/s1. The summed E-state index contributed by atoms with van der Waals surface area (Å²) in [6, 6.07) is 16.0. The van der Waals surface area contributed by atoms with Crippen LogP contribution in [0.5, 0.6) is 5.75 Å². The highest BCUT2D eigenvalue weighted by Crippen LogP contribution is 2.45. The van der Waals surface area contributed by atoms with Crippen LogP contribution in [0.25, 0.3) is 22.2 Å². The Kier molecular flexibility index (Phi) is 11.2. The van der Waals surface area contributed by atoms with Crippen LogP contribution in [0.15, 0.2) is 67.3 Å². The average molecular weight is 697 g/mol. The third-order valence-corrected chi connectivity index (χ3v) is 10.4. The van der Waals surface area contributed by atoms with Crippen LogP contribution >= 0.6 is 0 Å². The maximum Gasteiger partial charge on any atom is 0.407 e. The largest absolute Gasteiger partial charge is 0.488 e. The van der Waals surface area contributed by atoms with Crippen molar-refractivity contribution >= 4 is 34.8 Å². The molecule has 1 aliphatic carbocycles. The van der Waals surface area contributed by atoms with Crippen molar-refractivity contribution in [2.24, 2.45) is 5.92 Å². The van der Waals surface area contributed by atoms with Gasteiger partial charge in [0.15, 0.2) is 0 Å². The summed E-state index contributed by atoms with van der Waals surface area (Å²) < 4.78 is 12.2. The molecule has 3 N–H and O–H groups in total. The van der Waals surface area contributed by atoms with Crippen molar-refractivity contribution < 1.29 is 33.8 Å². The third-order valence-electron chi connectivity index (χ3n) is 10.4. The number of ether oxygens (including phenoxy) is 2. The number of nitrogens with one attached hydrogen (secondary N) is 2. The fourth-order valence-corrected chi connectivity index (χ4v) is 7.30. The molecule has 3 aliphatic rings. The van der Waals surface area contributed by atoms with E-state index >= 15 is 0 Å². The summed E-state index contributed by atoms with van der Waals surface area (Å²) in [5, 5.41) is 16.4. The maximum absolute atomic E-state index is 14.3. The summed E-state index contributed by atoms with van der Waals surface area (Å²) in [5.41, 5.74) is 2.12. The van der Waals surface area contributed by atoms with Crippen LogP contribution in [0, 0.1) is 5.92 Å². The SMILES string of the molecule is C=CC1C[C@]1(NC(=O)[C@@H]1C[C@@H]2CN1C(=O)[C@H](CCCC)NC(=O)OCCCCCCCc1ccc3nc(-c4ccccc4)cc(c3c1)O2)C(=O)O. The van der Waals surface area contributed by atoms with E-state index in [0.29, 0.717) is 18.6 Å². The Morgan fingerprint density at radius 2 is 1.88 bits per heavy atom. The van der Waals surface area contributed by atoms with Gasteiger partial charge < -0.3 is 30.1 Å². The van der Waals surface area contributed by atoms with E-state index < -0.39 is 53.5 Å². The molecule has 1 aromatic heterocycles. The van der Waals surface area contributed by atoms with Gasteiger partial charge in [-0.3, -0.25) is 9.59 Å². The molecule has 11 nitrogen and oxygen atoms in total. The first-order valence-electron chi connectivity index (χ1n) is 18.3. The molecule has 11 heteroatoms. The van der Waals surface area contributed by atoms with E-state index in [1.807, 2.05) is 49.4 Å². The Bertz CT molecular complexity index is 1760. The number of unbranched alkanes of at least 4 members (excludes halogenated alkanes) is 1. The lowest BCUT2D eigenvalue weighted by molar-refractivity contribution is -0.145. The van der Waals surface area contributed by atoms with Crippen molar-refractivity contribution in [3.8, 4) is 17.0 Å². The molecule has 6 rings (SSSR count). The Morgan fingerprint density at radius 1 is 1.10 bits per heavy atom. The molecule has 51 heavy (non-hydrogen) atoms. The van der Waals surface area contributed by atoms with Crippen LogP contribution < -0.4 is 15.4 Å². The number of carbonyl (C=O) groups is 4. The van der Waals surface area contributed by atoms with Gasteiger partial charge in [0.1, 0.15) is 29.5 Å². The Hall–Kier alpha value is -4.93. The van der Waals surface area contributed by atoms with Crippen LogP contribution in [0.2, 0.25) is 0 Å². The van der Waals surface area contributed by atoms with E-state index in [4.69, 9.17) is 14.5 Å². The molecule has 1 unspecified atom stereocenters. The minimum atomic E-state index is -1.47. The summed E-state index contributed by atoms with van der Waals surface area (Å²) in [6.45, 7) is 6.04. The van der Waals surface area contributed by atoms with Crippen LogP contribution in [0.3, 0.4) is 0 Å². The normalized spacial score (nSPS) is 25.7. The smallest absolute Gasteiger partial charge is 0.407 e. The number of fused-ring (bicyclic) bond motifs is 3. The molecule has 0 spiro atoms. The second-order valence-corrected chi connectivity index (χ2v) is 14.0. The highest BCUT2D eigenvalue weighted by atomic mass is 16.5. The monoisotopic (exact) mass is 696 g/mol. The zero-order valence-corrected chi connectivity index (χ0v) is 29.3. The van der Waals surface area contributed by atoms with Crippen molar-refractivity contribution in [2.45, 2.75) is 101 Å². The summed E-state index contributed by atoms with van der Waals surface area (Å²) in [6.07, 6.45) is 8.02. The van der Waals surface area contributed by atoms with Gasteiger partial charge in [-0.25, -0.2) is 14.6 Å². The van der Waals surface area contributed by atoms with Crippen molar-refractivity contribution in [2.75, 3.05) is 13.2 Å². The Labute approximate surface area is 298 Å². The van der Waals surface area contributed by atoms with Crippen LogP contribution in [-0.2, 0) is 25.5 Å². The van der Waals surface area contributed by atoms with Crippen LogP contribution in [-0.4, -0.2) is 75.7 Å². The number of rotatable bonds is 8. The van der Waals surface area contributed by atoms with Gasteiger partial charge in [0.2, 0.25) is 11.8 Å². The highest BCUT2D eigenvalue weighted by molar-refractivity contribution is 5.96. The molecule has 4 bridgehead atoms. The lowest BCUT2D eigenvalue weighted by atomic mass is 10.0. The number of amides is 3. The number of aromatic nitrogens is 1. The number of hydrogen-bond donors (Lipinski definition) is 3. The molecule has 1 saturated carbocycles. The Morgan fingerprint density at radius 3 is 2.63 bits per heavy atom. The highest BCUT2D eigenvalue weighted by Gasteiger charge is 2.61. The first kappa shape index (κ1) is 35.9. The van der Waals surface area contributed by atoms with Gasteiger partial charge in [0.05, 0.1) is 24.4 Å². The van der Waals surface area contributed by atoms with E-state index in [0.717, 1.165) is 72.7 Å². The van der Waals surface area contributed by atoms with Crippen molar-refractivity contribution in [1.29, 1.82) is 0 Å². The predicted octanol–water partition coefficient (Wildman–Crippen LogP) is 6.19. The van der Waals surface area contributed by atoms with E-state index in [9.17, 15) is 24.3 Å². The van der Waals surface area contributed by atoms with Gasteiger partial charge in [-0.05, 0) is 49.8 Å². The second-order valence-electron chi connectivity index (χ2n) is 14.0. The van der Waals surface area contributed by atoms with E-state index in [1.165, 1.54) is 11.0 Å². The number of carboxylic acids is 1. The van der Waals surface area contributed by atoms with Crippen LogP contribution in [0.1, 0.15) is 76.7 Å². The zero-order valence-electron chi connectivity index (χ0n) is 29.3. The van der Waals surface area contributed by atoms with Gasteiger partial charge in [0.25, 0.3) is 0 Å². The summed E-state index contributed by atoms with van der Waals surface area (Å²) in [7, 11) is 0. The number of benzene rings is 2. The van der Waals surface area contributed by atoms with E-state index in [2.05, 4.69) is 29.3 Å². The fourth-order valence-electron chi connectivity index (χ4n) is 7.30. The lowest BCUT2D eigenvalue weighted by Crippen LogP contribution is -2.56. The van der Waals surface area contributed by atoms with Crippen molar-refractivity contribution in [3.63, 3.8) is 0 Å². The number of hydrogen-bond acceptors (Lipinski definition) is 7. The second kappa shape index (κ2) is 16.0. The quantitative estimate of drug-likeness (QED) is 0.237. The molecule has 0 radical (unpaired) electrons. The first-order valence-corrected chi connectivity index (χ1v) is 18.3. The number of aliphatic carboxylic acids is 1. The molecule has 2 aromatic carbocycles. The fraction of sp³-hybridized carbons (Fsp3) is 0.475. The molecule has 5 atom stereocenters. The number of carbonyl (C=O) groups excluding carboxylic acids is 3. The van der Waals surface area contributed by atoms with Gasteiger partial charge in [-0.2, -0.15) is 0 Å². The van der Waals surface area contributed by atoms with Crippen LogP contribution in [0.4, 0.5) is 4.79 Å². The molecular formula is C40H48N4O7. The maximum atomic E-state index is 14.3. The minimum Gasteiger partial charge on any atom is -0.488 e. The molecule has 3 amide bonds. The molecule has 3 aromatic rings. The lowest BCUT2D eigenvalue weighted by Gasteiger charge is -2.29. The average Bonchev–Trinajstić information content (AvgIpc) is 3.70. The van der Waals surface area contributed by atoms with Gasteiger partial charge in [0, 0.05) is 29.4 Å². The number of aryl methyl sites for hydroxylation is 1. The molecule has 3 heterocycles. The summed E-state index contributed by atoms with van der Waals surface area (Å²) in [4.78, 5) is 59.9. The van der Waals surface area contributed by atoms with Gasteiger partial charge >= 0.3 is 12.1 Å². The van der Waals surface area contributed by atoms with Gasteiger partial charge in [-0.15, -0.1) is 6.58 Å². The number of alkyl carbamates (subject to hydrolysis) is 1. The molecule has 2 aliphatic heterocycles. The number of nitrogens with zero attached hydrogens (tertiary/aromatic N) is 2. The number of pyridine rings is 1.